The van der Waals surface area contributed by atoms with Crippen LogP contribution in [0.3, 0.4) is 0 Å². The third-order valence-corrected chi connectivity index (χ3v) is 13.4. The van der Waals surface area contributed by atoms with Gasteiger partial charge in [0.25, 0.3) is 0 Å². The van der Waals surface area contributed by atoms with Crippen molar-refractivity contribution in [2.45, 2.75) is 307 Å². The molecule has 1 rings (SSSR count). The van der Waals surface area contributed by atoms with Gasteiger partial charge in [-0.15, -0.1) is 0 Å². The highest BCUT2D eigenvalue weighted by Gasteiger charge is 2.44. The number of hydrogen-bond acceptors (Lipinski definition) is 10. The maximum absolute atomic E-state index is 13.0. The topological polar surface area (TPSA) is 175 Å². The molecule has 0 aromatic carbocycles. The third kappa shape index (κ3) is 35.5. The fourth-order valence-corrected chi connectivity index (χ4v) is 8.91. The van der Waals surface area contributed by atoms with Crippen LogP contribution < -0.4 is 5.32 Å². The molecule has 0 bridgehead atoms. The third-order valence-electron chi connectivity index (χ3n) is 13.4. The number of nitrogens with one attached hydrogen (secondary N) is 1. The van der Waals surface area contributed by atoms with E-state index in [2.05, 4.69) is 19.2 Å². The molecule has 6 N–H and O–H groups in total. The van der Waals surface area contributed by atoms with E-state index in [0.29, 0.717) is 19.4 Å². The highest BCUT2D eigenvalue weighted by molar-refractivity contribution is 5.76. The van der Waals surface area contributed by atoms with Crippen molar-refractivity contribution in [2.75, 3.05) is 19.8 Å². The van der Waals surface area contributed by atoms with Gasteiger partial charge in [0.05, 0.1) is 32.0 Å². The number of unbranched alkanes of at least 4 members (excludes halogenated alkanes) is 34. The molecule has 390 valence electrons. The van der Waals surface area contributed by atoms with Crippen molar-refractivity contribution in [1.82, 2.24) is 5.32 Å². The highest BCUT2D eigenvalue weighted by atomic mass is 16.7. The van der Waals surface area contributed by atoms with Gasteiger partial charge in [-0.1, -0.05) is 231 Å². The van der Waals surface area contributed by atoms with Gasteiger partial charge in [0.1, 0.15) is 24.4 Å². The Morgan fingerprint density at radius 1 is 0.545 bits per heavy atom. The molecule has 11 heteroatoms. The standard InChI is InChI=1S/C55H105NO10/c1-3-5-7-9-11-13-22-27-31-35-39-43-51(60)64-44-40-36-32-28-24-21-19-17-15-14-16-18-20-23-26-30-34-38-42-50(59)56-47(48(58)41-37-33-29-25-12-10-8-6-4-2)46-65-55-54(63)53(62)52(61)49(45-57)66-55/h37,41,47-49,52-55,57-58,61-63H,3-36,38-40,42-46H2,1-2H3,(H,56,59)/b41-37+. The minimum Gasteiger partial charge on any atom is -0.466 e. The first-order valence-corrected chi connectivity index (χ1v) is 28.0. The van der Waals surface area contributed by atoms with Crippen LogP contribution in [0, 0.1) is 0 Å². The number of rotatable bonds is 48. The molecule has 0 aromatic rings. The molecule has 1 heterocycles. The fraction of sp³-hybridized carbons (Fsp3) is 0.927. The van der Waals surface area contributed by atoms with Crippen LogP contribution in [-0.2, 0) is 23.8 Å². The van der Waals surface area contributed by atoms with Crippen LogP contribution in [0.5, 0.6) is 0 Å². The molecule has 1 aliphatic heterocycles. The summed E-state index contributed by atoms with van der Waals surface area (Å²) in [6.07, 6.45) is 41.6. The average Bonchev–Trinajstić information content (AvgIpc) is 3.31. The van der Waals surface area contributed by atoms with Gasteiger partial charge >= 0.3 is 5.97 Å². The van der Waals surface area contributed by atoms with E-state index < -0.39 is 49.5 Å². The number of allylic oxidation sites excluding steroid dienone is 1. The molecule has 7 unspecified atom stereocenters. The number of ether oxygens (including phenoxy) is 3. The van der Waals surface area contributed by atoms with Gasteiger partial charge < -0.3 is 45.1 Å². The predicted molar refractivity (Wildman–Crippen MR) is 269 cm³/mol. The van der Waals surface area contributed by atoms with Crippen molar-refractivity contribution < 1.29 is 49.3 Å². The average molecular weight is 940 g/mol. The molecule has 0 aliphatic carbocycles. The smallest absolute Gasteiger partial charge is 0.305 e. The Balaban J connectivity index is 2.06. The minimum atomic E-state index is -1.57. The second kappa shape index (κ2) is 45.8. The second-order valence-corrected chi connectivity index (χ2v) is 19.7. The minimum absolute atomic E-state index is 0.00876. The van der Waals surface area contributed by atoms with Gasteiger partial charge in [-0.25, -0.2) is 0 Å². The largest absolute Gasteiger partial charge is 0.466 e. The zero-order valence-electron chi connectivity index (χ0n) is 42.7. The number of carbonyl (C=O) groups is 2. The predicted octanol–water partition coefficient (Wildman–Crippen LogP) is 12.0. The van der Waals surface area contributed by atoms with Crippen molar-refractivity contribution >= 4 is 11.9 Å². The first-order chi connectivity index (χ1) is 32.2. The van der Waals surface area contributed by atoms with Crippen LogP contribution in [0.4, 0.5) is 0 Å². The summed E-state index contributed by atoms with van der Waals surface area (Å²) in [6.45, 7) is 4.30. The molecule has 66 heavy (non-hydrogen) atoms. The zero-order valence-corrected chi connectivity index (χ0v) is 42.7. The highest BCUT2D eigenvalue weighted by Crippen LogP contribution is 2.23. The lowest BCUT2D eigenvalue weighted by Crippen LogP contribution is -2.60. The zero-order chi connectivity index (χ0) is 48.1. The van der Waals surface area contributed by atoms with E-state index in [1.165, 1.54) is 173 Å². The van der Waals surface area contributed by atoms with Crippen LogP contribution in [0.15, 0.2) is 12.2 Å². The summed E-state index contributed by atoms with van der Waals surface area (Å²) >= 11 is 0. The van der Waals surface area contributed by atoms with Crippen LogP contribution in [-0.4, -0.2) is 100 Å². The molecule has 1 aliphatic rings. The van der Waals surface area contributed by atoms with Crippen molar-refractivity contribution in [3.8, 4) is 0 Å². The van der Waals surface area contributed by atoms with E-state index in [4.69, 9.17) is 14.2 Å². The molecule has 1 amide bonds. The lowest BCUT2D eigenvalue weighted by Gasteiger charge is -2.40. The Bertz CT molecular complexity index is 1110. The number of aliphatic hydroxyl groups excluding tert-OH is 5. The quantitative estimate of drug-likeness (QED) is 0.0196. The van der Waals surface area contributed by atoms with E-state index in [1.807, 2.05) is 6.08 Å². The van der Waals surface area contributed by atoms with Crippen molar-refractivity contribution in [3.05, 3.63) is 12.2 Å². The van der Waals surface area contributed by atoms with E-state index in [9.17, 15) is 35.1 Å². The van der Waals surface area contributed by atoms with E-state index in [0.717, 1.165) is 64.2 Å². The molecule has 11 nitrogen and oxygen atoms in total. The Labute approximate surface area is 404 Å². The van der Waals surface area contributed by atoms with E-state index in [-0.39, 0.29) is 18.5 Å². The fourth-order valence-electron chi connectivity index (χ4n) is 8.91. The molecule has 0 aromatic heterocycles. The first-order valence-electron chi connectivity index (χ1n) is 28.0. The van der Waals surface area contributed by atoms with Gasteiger partial charge in [0.15, 0.2) is 6.29 Å². The van der Waals surface area contributed by atoms with Crippen LogP contribution in [0.2, 0.25) is 0 Å². The van der Waals surface area contributed by atoms with Crippen molar-refractivity contribution in [2.24, 2.45) is 0 Å². The molecule has 0 saturated carbocycles. The summed E-state index contributed by atoms with van der Waals surface area (Å²) in [5.74, 6) is -0.196. The lowest BCUT2D eigenvalue weighted by molar-refractivity contribution is -0.302. The molecular weight excluding hydrogens is 835 g/mol. The Morgan fingerprint density at radius 3 is 1.41 bits per heavy atom. The number of carbonyl (C=O) groups excluding carboxylic acids is 2. The second-order valence-electron chi connectivity index (χ2n) is 19.7. The van der Waals surface area contributed by atoms with Crippen LogP contribution in [0.25, 0.3) is 0 Å². The van der Waals surface area contributed by atoms with Crippen LogP contribution >= 0.6 is 0 Å². The van der Waals surface area contributed by atoms with Gasteiger partial charge in [-0.05, 0) is 32.1 Å². The molecule has 1 fully saturated rings. The summed E-state index contributed by atoms with van der Waals surface area (Å²) in [6, 6.07) is -0.810. The number of aliphatic hydroxyl groups is 5. The van der Waals surface area contributed by atoms with Gasteiger partial charge in [-0.3, -0.25) is 9.59 Å². The molecule has 1 saturated heterocycles. The number of esters is 1. The van der Waals surface area contributed by atoms with E-state index in [1.54, 1.807) is 6.08 Å². The molecule has 0 spiro atoms. The SMILES string of the molecule is CCCCCCCCC/C=C/C(O)C(COC1OC(CO)C(O)C(O)C1O)NC(=O)CCCCCCCCCCCCCCCCCCCCOC(=O)CCCCCCCCCCCCC. The van der Waals surface area contributed by atoms with E-state index >= 15 is 0 Å². The summed E-state index contributed by atoms with van der Waals surface area (Å²) in [7, 11) is 0. The summed E-state index contributed by atoms with van der Waals surface area (Å²) < 4.78 is 16.6. The summed E-state index contributed by atoms with van der Waals surface area (Å²) in [5.41, 5.74) is 0. The maximum atomic E-state index is 13.0. The lowest BCUT2D eigenvalue weighted by atomic mass is 9.99. The summed E-state index contributed by atoms with van der Waals surface area (Å²) in [4.78, 5) is 25.0. The van der Waals surface area contributed by atoms with Gasteiger partial charge in [0.2, 0.25) is 5.91 Å². The Kier molecular flexibility index (Phi) is 43.3. The Morgan fingerprint density at radius 2 is 0.955 bits per heavy atom. The van der Waals surface area contributed by atoms with Gasteiger partial charge in [0, 0.05) is 12.8 Å². The number of hydrogen-bond donors (Lipinski definition) is 6. The molecule has 0 radical (unpaired) electrons. The summed E-state index contributed by atoms with van der Waals surface area (Å²) in [5, 5.41) is 54.1. The van der Waals surface area contributed by atoms with Crippen molar-refractivity contribution in [1.29, 1.82) is 0 Å². The normalized spacial score (nSPS) is 19.7. The maximum Gasteiger partial charge on any atom is 0.305 e. The molecular formula is C55H105NO10. The van der Waals surface area contributed by atoms with Crippen molar-refractivity contribution in [3.63, 3.8) is 0 Å². The monoisotopic (exact) mass is 940 g/mol. The molecule has 7 atom stereocenters. The van der Waals surface area contributed by atoms with Crippen LogP contribution in [0.1, 0.15) is 264 Å². The first kappa shape index (κ1) is 62.4. The van der Waals surface area contributed by atoms with Gasteiger partial charge in [-0.2, -0.15) is 0 Å². The number of amides is 1. The Hall–Kier alpha value is -1.60.